The first kappa shape index (κ1) is 10.7. The highest BCUT2D eigenvalue weighted by Gasteiger charge is 2.14. The Morgan fingerprint density at radius 3 is 2.73 bits per heavy atom. The molecule has 0 bridgehead atoms. The van der Waals surface area contributed by atoms with Crippen LogP contribution in [0.2, 0.25) is 0 Å². The van der Waals surface area contributed by atoms with Crippen molar-refractivity contribution in [1.82, 2.24) is 4.90 Å². The van der Waals surface area contributed by atoms with Crippen LogP contribution in [0.1, 0.15) is 24.0 Å². The summed E-state index contributed by atoms with van der Waals surface area (Å²) in [7, 11) is 0. The summed E-state index contributed by atoms with van der Waals surface area (Å²) in [6, 6.07) is 8.79. The summed E-state index contributed by atoms with van der Waals surface area (Å²) < 4.78 is 0. The first-order valence-electron chi connectivity index (χ1n) is 5.89. The van der Waals surface area contributed by atoms with Gasteiger partial charge in [-0.25, -0.2) is 0 Å². The van der Waals surface area contributed by atoms with Crippen LogP contribution in [0.3, 0.4) is 0 Å². The van der Waals surface area contributed by atoms with Crippen LogP contribution in [0.25, 0.3) is 0 Å². The summed E-state index contributed by atoms with van der Waals surface area (Å²) in [5.74, 6) is 0. The molecule has 2 rings (SSSR count). The summed E-state index contributed by atoms with van der Waals surface area (Å²) in [4.78, 5) is 2.54. The SMILES string of the molecule is NCCCCN1CCc2ccccc2C1. The maximum absolute atomic E-state index is 5.50. The third-order valence-electron chi connectivity index (χ3n) is 3.14. The Balaban J connectivity index is 1.88. The van der Waals surface area contributed by atoms with E-state index in [1.807, 2.05) is 0 Å². The van der Waals surface area contributed by atoms with E-state index in [0.29, 0.717) is 0 Å². The number of unbranched alkanes of at least 4 members (excludes halogenated alkanes) is 1. The van der Waals surface area contributed by atoms with Crippen LogP contribution in [0.5, 0.6) is 0 Å². The second-order valence-electron chi connectivity index (χ2n) is 4.29. The van der Waals surface area contributed by atoms with Crippen molar-refractivity contribution in [1.29, 1.82) is 0 Å². The number of nitrogens with two attached hydrogens (primary N) is 1. The normalized spacial score (nSPS) is 16.3. The van der Waals surface area contributed by atoms with Crippen LogP contribution in [0.4, 0.5) is 0 Å². The second-order valence-corrected chi connectivity index (χ2v) is 4.29. The van der Waals surface area contributed by atoms with Gasteiger partial charge in [0.05, 0.1) is 0 Å². The van der Waals surface area contributed by atoms with Gasteiger partial charge in [-0.3, -0.25) is 4.90 Å². The van der Waals surface area contributed by atoms with Gasteiger partial charge < -0.3 is 5.73 Å². The Hall–Kier alpha value is -0.860. The van der Waals surface area contributed by atoms with Crippen LogP contribution in [-0.2, 0) is 13.0 Å². The molecule has 0 amide bonds. The third kappa shape index (κ3) is 2.80. The summed E-state index contributed by atoms with van der Waals surface area (Å²) in [5.41, 5.74) is 8.55. The van der Waals surface area contributed by atoms with E-state index in [-0.39, 0.29) is 0 Å². The van der Waals surface area contributed by atoms with E-state index < -0.39 is 0 Å². The topological polar surface area (TPSA) is 29.3 Å². The van der Waals surface area contributed by atoms with Crippen molar-refractivity contribution >= 4 is 0 Å². The van der Waals surface area contributed by atoms with Gasteiger partial charge in [0.15, 0.2) is 0 Å². The highest BCUT2D eigenvalue weighted by atomic mass is 15.1. The maximum atomic E-state index is 5.50. The van der Waals surface area contributed by atoms with Crippen LogP contribution in [0.15, 0.2) is 24.3 Å². The average molecular weight is 204 g/mol. The zero-order valence-electron chi connectivity index (χ0n) is 9.28. The minimum Gasteiger partial charge on any atom is -0.330 e. The van der Waals surface area contributed by atoms with Crippen molar-refractivity contribution in [3.63, 3.8) is 0 Å². The molecular weight excluding hydrogens is 184 g/mol. The number of hydrogen-bond acceptors (Lipinski definition) is 2. The van der Waals surface area contributed by atoms with Crippen molar-refractivity contribution in [3.8, 4) is 0 Å². The molecule has 1 aromatic carbocycles. The Kier molecular flexibility index (Phi) is 3.75. The Labute approximate surface area is 92.1 Å². The van der Waals surface area contributed by atoms with Gasteiger partial charge >= 0.3 is 0 Å². The fourth-order valence-corrected chi connectivity index (χ4v) is 2.22. The molecule has 0 aromatic heterocycles. The number of hydrogen-bond donors (Lipinski definition) is 1. The number of nitrogens with zero attached hydrogens (tertiary/aromatic N) is 1. The molecule has 0 atom stereocenters. The lowest BCUT2D eigenvalue weighted by Crippen LogP contribution is -2.31. The van der Waals surface area contributed by atoms with Gasteiger partial charge in [-0.1, -0.05) is 24.3 Å². The molecule has 0 radical (unpaired) electrons. The van der Waals surface area contributed by atoms with E-state index in [4.69, 9.17) is 5.73 Å². The lowest BCUT2D eigenvalue weighted by Gasteiger charge is -2.28. The molecule has 0 spiro atoms. The molecule has 2 heteroatoms. The van der Waals surface area contributed by atoms with Gasteiger partial charge in [0.25, 0.3) is 0 Å². The first-order valence-corrected chi connectivity index (χ1v) is 5.89. The molecule has 15 heavy (non-hydrogen) atoms. The maximum Gasteiger partial charge on any atom is 0.0236 e. The van der Waals surface area contributed by atoms with Crippen LogP contribution < -0.4 is 5.73 Å². The van der Waals surface area contributed by atoms with Crippen LogP contribution in [0, 0.1) is 0 Å². The molecular formula is C13H20N2. The van der Waals surface area contributed by atoms with Gasteiger partial charge in [-0.2, -0.15) is 0 Å². The van der Waals surface area contributed by atoms with E-state index in [9.17, 15) is 0 Å². The predicted octanol–water partition coefficient (Wildman–Crippen LogP) is 1.78. The molecule has 0 saturated heterocycles. The molecule has 2 nitrogen and oxygen atoms in total. The van der Waals surface area contributed by atoms with Gasteiger partial charge in [-0.05, 0) is 43.5 Å². The van der Waals surface area contributed by atoms with Gasteiger partial charge in [0, 0.05) is 13.1 Å². The van der Waals surface area contributed by atoms with Crippen LogP contribution >= 0.6 is 0 Å². The highest BCUT2D eigenvalue weighted by molar-refractivity contribution is 5.28. The first-order chi connectivity index (χ1) is 7.40. The Morgan fingerprint density at radius 1 is 1.13 bits per heavy atom. The Bertz CT molecular complexity index is 309. The standard InChI is InChI=1S/C13H20N2/c14-8-3-4-9-15-10-7-12-5-1-2-6-13(12)11-15/h1-2,5-6H,3-4,7-11,14H2. The van der Waals surface area contributed by atoms with Crippen molar-refractivity contribution in [2.45, 2.75) is 25.8 Å². The van der Waals surface area contributed by atoms with E-state index in [1.54, 1.807) is 0 Å². The number of rotatable bonds is 4. The summed E-state index contributed by atoms with van der Waals surface area (Å²) in [6.45, 7) is 4.36. The molecule has 1 aromatic rings. The van der Waals surface area contributed by atoms with E-state index >= 15 is 0 Å². The Morgan fingerprint density at radius 2 is 1.93 bits per heavy atom. The van der Waals surface area contributed by atoms with E-state index in [1.165, 1.54) is 37.1 Å². The fraction of sp³-hybridized carbons (Fsp3) is 0.538. The molecule has 0 fully saturated rings. The van der Waals surface area contributed by atoms with Crippen molar-refractivity contribution in [2.24, 2.45) is 5.73 Å². The van der Waals surface area contributed by atoms with E-state index in [2.05, 4.69) is 29.2 Å². The zero-order chi connectivity index (χ0) is 10.5. The van der Waals surface area contributed by atoms with Crippen molar-refractivity contribution in [3.05, 3.63) is 35.4 Å². The van der Waals surface area contributed by atoms with Gasteiger partial charge in [0.2, 0.25) is 0 Å². The summed E-state index contributed by atoms with van der Waals surface area (Å²) in [6.07, 6.45) is 3.59. The zero-order valence-corrected chi connectivity index (χ0v) is 9.28. The fourth-order valence-electron chi connectivity index (χ4n) is 2.22. The molecule has 1 heterocycles. The second kappa shape index (κ2) is 5.29. The molecule has 1 aliphatic heterocycles. The smallest absolute Gasteiger partial charge is 0.0236 e. The molecule has 1 aliphatic rings. The van der Waals surface area contributed by atoms with Crippen molar-refractivity contribution in [2.75, 3.05) is 19.6 Å². The third-order valence-corrected chi connectivity index (χ3v) is 3.14. The summed E-state index contributed by atoms with van der Waals surface area (Å²) in [5, 5.41) is 0. The molecule has 2 N–H and O–H groups in total. The van der Waals surface area contributed by atoms with Gasteiger partial charge in [0.1, 0.15) is 0 Å². The predicted molar refractivity (Wildman–Crippen MR) is 63.7 cm³/mol. The molecule has 0 unspecified atom stereocenters. The monoisotopic (exact) mass is 204 g/mol. The quantitative estimate of drug-likeness (QED) is 0.758. The molecule has 0 saturated carbocycles. The largest absolute Gasteiger partial charge is 0.330 e. The molecule has 82 valence electrons. The van der Waals surface area contributed by atoms with Gasteiger partial charge in [-0.15, -0.1) is 0 Å². The van der Waals surface area contributed by atoms with E-state index in [0.717, 1.165) is 19.5 Å². The number of fused-ring (bicyclic) bond motifs is 1. The minimum absolute atomic E-state index is 0.824. The minimum atomic E-state index is 0.824. The highest BCUT2D eigenvalue weighted by Crippen LogP contribution is 2.18. The molecule has 0 aliphatic carbocycles. The number of benzene rings is 1. The lowest BCUT2D eigenvalue weighted by molar-refractivity contribution is 0.249. The average Bonchev–Trinajstić information content (AvgIpc) is 2.29. The lowest BCUT2D eigenvalue weighted by atomic mass is 10.00. The van der Waals surface area contributed by atoms with Crippen LogP contribution in [-0.4, -0.2) is 24.5 Å². The van der Waals surface area contributed by atoms with Crippen molar-refractivity contribution < 1.29 is 0 Å². The summed E-state index contributed by atoms with van der Waals surface area (Å²) >= 11 is 0.